The first-order chi connectivity index (χ1) is 4.59. The predicted octanol–water partition coefficient (Wildman–Crippen LogP) is 3.48. The molecule has 0 atom stereocenters. The van der Waals surface area contributed by atoms with Gasteiger partial charge in [0, 0.05) is 0 Å². The summed E-state index contributed by atoms with van der Waals surface area (Å²) in [5, 5.41) is 0. The molecular weight excluding hydrogens is 120 g/mol. The summed E-state index contributed by atoms with van der Waals surface area (Å²) in [6.45, 7) is 13.9. The molecule has 0 unspecified atom stereocenters. The third-order valence-corrected chi connectivity index (χ3v) is 1.33. The zero-order valence-corrected chi connectivity index (χ0v) is 7.20. The van der Waals surface area contributed by atoms with Crippen LogP contribution in [0.2, 0.25) is 0 Å². The van der Waals surface area contributed by atoms with Gasteiger partial charge in [0.25, 0.3) is 0 Å². The van der Waals surface area contributed by atoms with E-state index in [9.17, 15) is 0 Å². The molecule has 0 spiro atoms. The maximum atomic E-state index is 3.87. The van der Waals surface area contributed by atoms with E-state index < -0.39 is 0 Å². The summed E-state index contributed by atoms with van der Waals surface area (Å²) in [7, 11) is 0. The highest BCUT2D eigenvalue weighted by atomic mass is 14.0. The van der Waals surface area contributed by atoms with Crippen LogP contribution in [-0.4, -0.2) is 0 Å². The Morgan fingerprint density at radius 3 is 1.70 bits per heavy atom. The van der Waals surface area contributed by atoms with Crippen molar-refractivity contribution in [3.05, 3.63) is 36.0 Å². The minimum atomic E-state index is 1.05. The molecule has 0 aliphatic carbocycles. The second-order valence-electron chi connectivity index (χ2n) is 2.59. The summed E-state index contributed by atoms with van der Waals surface area (Å²) < 4.78 is 0. The number of hydrogen-bond acceptors (Lipinski definition) is 0. The highest BCUT2D eigenvalue weighted by molar-refractivity contribution is 5.41. The first-order valence-corrected chi connectivity index (χ1v) is 3.61. The first-order valence-electron chi connectivity index (χ1n) is 3.61. The van der Waals surface area contributed by atoms with E-state index in [-0.39, 0.29) is 0 Å². The molecule has 0 radical (unpaired) electrons. The number of allylic oxidation sites excluding steroid dienone is 4. The van der Waals surface area contributed by atoms with Crippen LogP contribution in [0.4, 0.5) is 0 Å². The van der Waals surface area contributed by atoms with Crippen molar-refractivity contribution in [3.8, 4) is 0 Å². The molecule has 0 aromatic rings. The molecule has 0 fully saturated rings. The first kappa shape index (κ1) is 9.22. The molecule has 0 aromatic heterocycles. The van der Waals surface area contributed by atoms with E-state index in [0.717, 1.165) is 17.6 Å². The maximum Gasteiger partial charge on any atom is -0.0250 e. The van der Waals surface area contributed by atoms with E-state index >= 15 is 0 Å². The Hall–Kier alpha value is -0.780. The minimum Gasteiger partial charge on any atom is -0.0955 e. The molecule has 0 rings (SSSR count). The van der Waals surface area contributed by atoms with Crippen molar-refractivity contribution in [1.82, 2.24) is 0 Å². The van der Waals surface area contributed by atoms with Crippen LogP contribution in [0.3, 0.4) is 0 Å². The molecule has 0 bridgehead atoms. The van der Waals surface area contributed by atoms with Crippen LogP contribution < -0.4 is 0 Å². The fourth-order valence-electron chi connectivity index (χ4n) is 0.917. The Morgan fingerprint density at radius 2 is 1.60 bits per heavy atom. The fourth-order valence-corrected chi connectivity index (χ4v) is 0.917. The Bertz CT molecular complexity index is 154. The summed E-state index contributed by atoms with van der Waals surface area (Å²) in [5.74, 6) is 0. The van der Waals surface area contributed by atoms with Gasteiger partial charge in [-0.2, -0.15) is 0 Å². The monoisotopic (exact) mass is 136 g/mol. The Labute approximate surface area is 64.0 Å². The molecule has 10 heavy (non-hydrogen) atoms. The maximum absolute atomic E-state index is 3.87. The van der Waals surface area contributed by atoms with E-state index in [1.165, 1.54) is 5.57 Å². The summed E-state index contributed by atoms with van der Waals surface area (Å²) in [6, 6.07) is 0. The van der Waals surface area contributed by atoms with Crippen molar-refractivity contribution in [2.45, 2.75) is 27.2 Å². The van der Waals surface area contributed by atoms with Gasteiger partial charge in [-0.1, -0.05) is 37.3 Å². The molecule has 0 saturated carbocycles. The highest BCUT2D eigenvalue weighted by Gasteiger charge is 1.95. The molecule has 0 nitrogen and oxygen atoms in total. The van der Waals surface area contributed by atoms with Crippen molar-refractivity contribution in [1.29, 1.82) is 0 Å². The van der Waals surface area contributed by atoms with Gasteiger partial charge >= 0.3 is 0 Å². The van der Waals surface area contributed by atoms with Crippen molar-refractivity contribution >= 4 is 0 Å². The largest absolute Gasteiger partial charge is 0.0955 e. The topological polar surface area (TPSA) is 0 Å². The van der Waals surface area contributed by atoms with Crippen LogP contribution in [0.15, 0.2) is 36.0 Å². The highest BCUT2D eigenvalue weighted by Crippen LogP contribution is 2.15. The van der Waals surface area contributed by atoms with Gasteiger partial charge in [0.15, 0.2) is 0 Å². The molecule has 0 aliphatic rings. The molecule has 56 valence electrons. The fraction of sp³-hybridized carbons (Fsp3) is 0.400. The predicted molar refractivity (Wildman–Crippen MR) is 48.0 cm³/mol. The molecule has 0 N–H and O–H groups in total. The third kappa shape index (κ3) is 2.67. The van der Waals surface area contributed by atoms with Gasteiger partial charge in [-0.25, -0.2) is 0 Å². The van der Waals surface area contributed by atoms with Crippen LogP contribution in [0.5, 0.6) is 0 Å². The zero-order chi connectivity index (χ0) is 8.15. The third-order valence-electron chi connectivity index (χ3n) is 1.33. The van der Waals surface area contributed by atoms with Gasteiger partial charge in [-0.05, 0) is 25.8 Å². The van der Waals surface area contributed by atoms with Crippen LogP contribution in [0.1, 0.15) is 27.2 Å². The van der Waals surface area contributed by atoms with Gasteiger partial charge in [-0.15, -0.1) is 0 Å². The van der Waals surface area contributed by atoms with E-state index in [4.69, 9.17) is 0 Å². The quantitative estimate of drug-likeness (QED) is 0.521. The lowest BCUT2D eigenvalue weighted by atomic mass is 10.0. The summed E-state index contributed by atoms with van der Waals surface area (Å²) in [6.07, 6.45) is 3.21. The SMILES string of the molecule is C=C(C)C(=CCC)C(=C)C. The molecule has 0 amide bonds. The molecule has 0 aliphatic heterocycles. The second kappa shape index (κ2) is 4.10. The second-order valence-corrected chi connectivity index (χ2v) is 2.59. The molecular formula is C10H16. The van der Waals surface area contributed by atoms with E-state index in [1.54, 1.807) is 0 Å². The average molecular weight is 136 g/mol. The van der Waals surface area contributed by atoms with E-state index in [2.05, 4.69) is 26.2 Å². The van der Waals surface area contributed by atoms with Crippen LogP contribution in [0.25, 0.3) is 0 Å². The Kier molecular flexibility index (Phi) is 3.78. The standard InChI is InChI=1S/C10H16/c1-6-7-10(8(2)3)9(4)5/h7H,2,4,6H2,1,3,5H3. The molecule has 0 aromatic carbocycles. The van der Waals surface area contributed by atoms with Gasteiger partial charge in [0.2, 0.25) is 0 Å². The number of rotatable bonds is 3. The molecule has 0 heterocycles. The summed E-state index contributed by atoms with van der Waals surface area (Å²) in [4.78, 5) is 0. The van der Waals surface area contributed by atoms with Crippen molar-refractivity contribution in [3.63, 3.8) is 0 Å². The minimum absolute atomic E-state index is 1.05. The lowest BCUT2D eigenvalue weighted by molar-refractivity contribution is 1.18. The van der Waals surface area contributed by atoms with E-state index in [1.807, 2.05) is 13.8 Å². The van der Waals surface area contributed by atoms with Gasteiger partial charge in [0.1, 0.15) is 0 Å². The van der Waals surface area contributed by atoms with Crippen LogP contribution >= 0.6 is 0 Å². The van der Waals surface area contributed by atoms with Crippen molar-refractivity contribution < 1.29 is 0 Å². The van der Waals surface area contributed by atoms with Gasteiger partial charge < -0.3 is 0 Å². The number of hydrogen-bond donors (Lipinski definition) is 0. The van der Waals surface area contributed by atoms with Crippen molar-refractivity contribution in [2.24, 2.45) is 0 Å². The zero-order valence-electron chi connectivity index (χ0n) is 7.20. The molecule has 0 saturated heterocycles. The average Bonchev–Trinajstić information content (AvgIpc) is 1.81. The smallest absolute Gasteiger partial charge is 0.0250 e. The van der Waals surface area contributed by atoms with Gasteiger partial charge in [0.05, 0.1) is 0 Å². The van der Waals surface area contributed by atoms with Gasteiger partial charge in [-0.3, -0.25) is 0 Å². The lowest BCUT2D eigenvalue weighted by Gasteiger charge is -2.04. The van der Waals surface area contributed by atoms with Crippen LogP contribution in [0, 0.1) is 0 Å². The van der Waals surface area contributed by atoms with E-state index in [0.29, 0.717) is 0 Å². The van der Waals surface area contributed by atoms with Crippen LogP contribution in [-0.2, 0) is 0 Å². The summed E-state index contributed by atoms with van der Waals surface area (Å²) in [5.41, 5.74) is 3.42. The lowest BCUT2D eigenvalue weighted by Crippen LogP contribution is -1.84. The molecule has 0 heteroatoms. The summed E-state index contributed by atoms with van der Waals surface area (Å²) >= 11 is 0. The Morgan fingerprint density at radius 1 is 1.20 bits per heavy atom. The Balaban J connectivity index is 4.42. The normalized spacial score (nSPS) is 8.70. The van der Waals surface area contributed by atoms with Crippen molar-refractivity contribution in [2.75, 3.05) is 0 Å².